The molecular weight excluding hydrogens is 350 g/mol. The van der Waals surface area contributed by atoms with Crippen molar-refractivity contribution in [3.63, 3.8) is 0 Å². The number of pyridine rings is 1. The highest BCUT2D eigenvalue weighted by Gasteiger charge is 2.22. The van der Waals surface area contributed by atoms with Gasteiger partial charge in [0.2, 0.25) is 0 Å². The molecule has 0 saturated carbocycles. The number of guanidine groups is 1. The van der Waals surface area contributed by atoms with Crippen molar-refractivity contribution in [2.75, 3.05) is 39.9 Å². The Morgan fingerprint density at radius 3 is 2.71 bits per heavy atom. The van der Waals surface area contributed by atoms with Crippen LogP contribution in [0.3, 0.4) is 0 Å². The first-order chi connectivity index (χ1) is 13.7. The number of benzene rings is 1. The molecule has 28 heavy (non-hydrogen) atoms. The minimum atomic E-state index is 0.484. The van der Waals surface area contributed by atoms with Crippen LogP contribution in [0.5, 0.6) is 0 Å². The Balaban J connectivity index is 1.58. The van der Waals surface area contributed by atoms with E-state index in [4.69, 9.17) is 4.74 Å². The number of hydrogen-bond donors (Lipinski definition) is 2. The van der Waals surface area contributed by atoms with Crippen molar-refractivity contribution in [1.29, 1.82) is 0 Å². The maximum atomic E-state index is 5.52. The predicted octanol–water partition coefficient (Wildman–Crippen LogP) is 2.65. The average Bonchev–Trinajstić information content (AvgIpc) is 2.73. The fraction of sp³-hybridized carbons (Fsp3) is 0.545. The largest absolute Gasteiger partial charge is 0.379 e. The van der Waals surface area contributed by atoms with Crippen molar-refractivity contribution in [1.82, 2.24) is 20.5 Å². The van der Waals surface area contributed by atoms with Crippen LogP contribution in [0.2, 0.25) is 0 Å². The van der Waals surface area contributed by atoms with E-state index in [1.807, 2.05) is 19.3 Å². The summed E-state index contributed by atoms with van der Waals surface area (Å²) in [5, 5.41) is 9.33. The van der Waals surface area contributed by atoms with E-state index in [9.17, 15) is 0 Å². The maximum Gasteiger partial charge on any atom is 0.191 e. The van der Waals surface area contributed by atoms with Crippen molar-refractivity contribution in [2.24, 2.45) is 10.9 Å². The third-order valence-corrected chi connectivity index (χ3v) is 5.21. The van der Waals surface area contributed by atoms with Gasteiger partial charge in [-0.15, -0.1) is 0 Å². The Labute approximate surface area is 168 Å². The van der Waals surface area contributed by atoms with E-state index in [0.717, 1.165) is 50.9 Å². The van der Waals surface area contributed by atoms with Gasteiger partial charge in [0.05, 0.1) is 25.5 Å². The molecule has 0 spiro atoms. The molecule has 1 aliphatic heterocycles. The van der Waals surface area contributed by atoms with Gasteiger partial charge in [-0.1, -0.05) is 38.1 Å². The summed E-state index contributed by atoms with van der Waals surface area (Å²) in [5.41, 5.74) is 1.04. The maximum absolute atomic E-state index is 5.52. The van der Waals surface area contributed by atoms with Crippen LogP contribution in [-0.4, -0.2) is 61.8 Å². The second kappa shape index (κ2) is 10.4. The molecule has 2 N–H and O–H groups in total. The van der Waals surface area contributed by atoms with Gasteiger partial charge in [-0.05, 0) is 23.8 Å². The highest BCUT2D eigenvalue weighted by Crippen LogP contribution is 2.16. The molecule has 3 rings (SSSR count). The Hall–Kier alpha value is -2.18. The molecule has 2 heterocycles. The lowest BCUT2D eigenvalue weighted by atomic mass is 10.0. The monoisotopic (exact) mass is 383 g/mol. The Bertz CT molecular complexity index is 765. The molecule has 0 bridgehead atoms. The average molecular weight is 384 g/mol. The van der Waals surface area contributed by atoms with Crippen LogP contribution in [0.25, 0.3) is 10.8 Å². The molecule has 1 unspecified atom stereocenters. The van der Waals surface area contributed by atoms with Crippen molar-refractivity contribution < 1.29 is 4.74 Å². The summed E-state index contributed by atoms with van der Waals surface area (Å²) < 4.78 is 5.52. The molecule has 1 saturated heterocycles. The summed E-state index contributed by atoms with van der Waals surface area (Å²) in [7, 11) is 1.82. The zero-order valence-corrected chi connectivity index (χ0v) is 17.3. The first-order valence-electron chi connectivity index (χ1n) is 10.3. The van der Waals surface area contributed by atoms with E-state index < -0.39 is 0 Å². The first-order valence-corrected chi connectivity index (χ1v) is 10.3. The highest BCUT2D eigenvalue weighted by atomic mass is 16.5. The van der Waals surface area contributed by atoms with Gasteiger partial charge >= 0.3 is 0 Å². The summed E-state index contributed by atoms with van der Waals surface area (Å²) in [6.07, 6.45) is 3.03. The summed E-state index contributed by atoms with van der Waals surface area (Å²) >= 11 is 0. The molecule has 0 radical (unpaired) electrons. The van der Waals surface area contributed by atoms with Gasteiger partial charge in [0.1, 0.15) is 0 Å². The van der Waals surface area contributed by atoms with Crippen molar-refractivity contribution in [3.05, 3.63) is 42.2 Å². The Kier molecular flexibility index (Phi) is 7.62. The number of nitrogens with zero attached hydrogens (tertiary/aromatic N) is 3. The van der Waals surface area contributed by atoms with Gasteiger partial charge in [-0.25, -0.2) is 0 Å². The van der Waals surface area contributed by atoms with Gasteiger partial charge in [0.25, 0.3) is 0 Å². The van der Waals surface area contributed by atoms with Gasteiger partial charge in [-0.2, -0.15) is 0 Å². The third kappa shape index (κ3) is 5.66. The van der Waals surface area contributed by atoms with Gasteiger partial charge in [-0.3, -0.25) is 14.9 Å². The molecule has 1 aromatic heterocycles. The molecule has 152 valence electrons. The normalized spacial score (nSPS) is 17.1. The summed E-state index contributed by atoms with van der Waals surface area (Å²) in [6.45, 7) is 9.76. The number of fused-ring (bicyclic) bond motifs is 1. The fourth-order valence-corrected chi connectivity index (χ4v) is 3.77. The number of aromatic nitrogens is 1. The van der Waals surface area contributed by atoms with Crippen molar-refractivity contribution in [2.45, 2.75) is 32.9 Å². The topological polar surface area (TPSA) is 61.8 Å². The second-order valence-corrected chi connectivity index (χ2v) is 7.72. The number of aliphatic imine (C=N–C) groups is 1. The fourth-order valence-electron chi connectivity index (χ4n) is 3.77. The van der Waals surface area contributed by atoms with Crippen LogP contribution < -0.4 is 10.6 Å². The van der Waals surface area contributed by atoms with E-state index in [-0.39, 0.29) is 0 Å². The molecule has 6 heteroatoms. The number of ether oxygens (including phenoxy) is 1. The van der Waals surface area contributed by atoms with Crippen LogP contribution in [0.1, 0.15) is 26.0 Å². The molecule has 0 amide bonds. The van der Waals surface area contributed by atoms with Crippen LogP contribution in [0.15, 0.2) is 41.5 Å². The van der Waals surface area contributed by atoms with Crippen LogP contribution in [-0.2, 0) is 11.3 Å². The van der Waals surface area contributed by atoms with Crippen molar-refractivity contribution >= 4 is 16.7 Å². The molecule has 1 aliphatic rings. The van der Waals surface area contributed by atoms with Gasteiger partial charge in [0.15, 0.2) is 5.96 Å². The summed E-state index contributed by atoms with van der Waals surface area (Å²) in [4.78, 5) is 11.5. The molecule has 6 nitrogen and oxygen atoms in total. The SMILES string of the molecule is CN=C(NCc1nccc2ccccc12)NCC(CC(C)C)N1CCOCC1. The number of morpholine rings is 1. The molecule has 2 aromatic rings. The number of nitrogens with one attached hydrogen (secondary N) is 2. The first kappa shape index (κ1) is 20.6. The van der Waals surface area contributed by atoms with Crippen LogP contribution >= 0.6 is 0 Å². The van der Waals surface area contributed by atoms with Crippen LogP contribution in [0.4, 0.5) is 0 Å². The lowest BCUT2D eigenvalue weighted by molar-refractivity contribution is 0.0132. The van der Waals surface area contributed by atoms with Gasteiger partial charge < -0.3 is 15.4 Å². The van der Waals surface area contributed by atoms with E-state index in [1.54, 1.807) is 0 Å². The van der Waals surface area contributed by atoms with E-state index in [1.165, 1.54) is 10.8 Å². The van der Waals surface area contributed by atoms with E-state index in [0.29, 0.717) is 18.5 Å². The lowest BCUT2D eigenvalue weighted by Gasteiger charge is -2.35. The second-order valence-electron chi connectivity index (χ2n) is 7.72. The molecule has 1 aromatic carbocycles. The zero-order chi connectivity index (χ0) is 19.8. The Morgan fingerprint density at radius 1 is 1.18 bits per heavy atom. The minimum Gasteiger partial charge on any atom is -0.379 e. The molecular formula is C22H33N5O. The number of hydrogen-bond acceptors (Lipinski definition) is 4. The summed E-state index contributed by atoms with van der Waals surface area (Å²) in [6, 6.07) is 10.9. The molecule has 1 atom stereocenters. The standard InChI is InChI=1S/C22H33N5O/c1-17(2)14-19(27-10-12-28-13-11-27)15-25-22(23-3)26-16-21-20-7-5-4-6-18(20)8-9-24-21/h4-9,17,19H,10-16H2,1-3H3,(H2,23,25,26). The zero-order valence-electron chi connectivity index (χ0n) is 17.3. The third-order valence-electron chi connectivity index (χ3n) is 5.21. The molecule has 1 fully saturated rings. The van der Waals surface area contributed by atoms with E-state index in [2.05, 4.69) is 63.6 Å². The highest BCUT2D eigenvalue weighted by molar-refractivity contribution is 5.85. The summed E-state index contributed by atoms with van der Waals surface area (Å²) in [5.74, 6) is 1.47. The minimum absolute atomic E-state index is 0.484. The smallest absolute Gasteiger partial charge is 0.191 e. The van der Waals surface area contributed by atoms with E-state index >= 15 is 0 Å². The lowest BCUT2D eigenvalue weighted by Crippen LogP contribution is -2.51. The molecule has 0 aliphatic carbocycles. The van der Waals surface area contributed by atoms with Gasteiger partial charge in [0, 0.05) is 44.3 Å². The quantitative estimate of drug-likeness (QED) is 0.569. The van der Waals surface area contributed by atoms with Crippen molar-refractivity contribution in [3.8, 4) is 0 Å². The van der Waals surface area contributed by atoms with Crippen LogP contribution in [0, 0.1) is 5.92 Å². The predicted molar refractivity (Wildman–Crippen MR) is 116 cm³/mol. The number of rotatable bonds is 7. The Morgan fingerprint density at radius 2 is 1.96 bits per heavy atom.